The molecule has 2 heterocycles. The normalized spacial score (nSPS) is 11.8. The summed E-state index contributed by atoms with van der Waals surface area (Å²) in [5.74, 6) is -1.18. The molecule has 0 spiro atoms. The molecule has 0 fully saturated rings. The van der Waals surface area contributed by atoms with Gasteiger partial charge in [0.05, 0.1) is 22.5 Å². The molecule has 0 aliphatic carbocycles. The molecule has 0 saturated heterocycles. The summed E-state index contributed by atoms with van der Waals surface area (Å²) in [6, 6.07) is 21.1. The fourth-order valence-electron chi connectivity index (χ4n) is 3.84. The van der Waals surface area contributed by atoms with Crippen LogP contribution >= 0.6 is 11.5 Å². The number of ether oxygens (including phenoxy) is 1. The number of carboxylic acids is 1. The quantitative estimate of drug-likeness (QED) is 0.260. The minimum Gasteiger partial charge on any atom is -0.474 e. The monoisotopic (exact) mass is 499 g/mol. The number of aryl methyl sites for hydroxylation is 1. The number of nitrogens with zero attached hydrogens (tertiary/aromatic N) is 2. The van der Waals surface area contributed by atoms with E-state index >= 15 is 0 Å². The van der Waals surface area contributed by atoms with Gasteiger partial charge in [-0.2, -0.15) is 4.37 Å². The van der Waals surface area contributed by atoms with E-state index in [0.29, 0.717) is 17.1 Å². The van der Waals surface area contributed by atoms with E-state index in [1.54, 1.807) is 0 Å². The second kappa shape index (κ2) is 9.63. The van der Waals surface area contributed by atoms with E-state index in [-0.39, 0.29) is 5.89 Å². The molecular weight excluding hydrogens is 478 g/mol. The summed E-state index contributed by atoms with van der Waals surface area (Å²) >= 11 is 1.30. The number of carboxylic acid groups (broad SMARTS) is 1. The van der Waals surface area contributed by atoms with Crippen molar-refractivity contribution < 1.29 is 23.8 Å². The summed E-state index contributed by atoms with van der Waals surface area (Å²) in [6.07, 6.45) is 0.455. The summed E-state index contributed by atoms with van der Waals surface area (Å²) in [7, 11) is 0. The zero-order chi connectivity index (χ0) is 25.2. The van der Waals surface area contributed by atoms with Crippen LogP contribution in [0.2, 0.25) is 0 Å². The molecule has 3 aromatic carbocycles. The molecule has 0 aliphatic rings. The maximum absolute atomic E-state index is 12.7. The van der Waals surface area contributed by atoms with Crippen molar-refractivity contribution in [3.8, 4) is 21.8 Å². The van der Waals surface area contributed by atoms with Gasteiger partial charge in [0, 0.05) is 5.56 Å². The lowest BCUT2D eigenvalue weighted by molar-refractivity contribution is 0.0654. The van der Waals surface area contributed by atoms with Crippen molar-refractivity contribution in [2.45, 2.75) is 20.0 Å². The molecule has 0 radical (unpaired) electrons. The third-order valence-electron chi connectivity index (χ3n) is 5.72. The molecule has 9 heteroatoms. The molecule has 1 amide bonds. The first-order chi connectivity index (χ1) is 17.4. The number of rotatable bonds is 6. The second-order valence-corrected chi connectivity index (χ2v) is 8.94. The molecule has 0 bridgehead atoms. The van der Waals surface area contributed by atoms with Gasteiger partial charge in [-0.3, -0.25) is 5.32 Å². The fraction of sp³-hybridized carbons (Fsp3) is 0.111. The number of fused-ring (bicyclic) bond motifs is 1. The molecule has 2 aromatic heterocycles. The van der Waals surface area contributed by atoms with E-state index in [1.165, 1.54) is 17.7 Å². The first-order valence-electron chi connectivity index (χ1n) is 11.1. The van der Waals surface area contributed by atoms with Crippen LogP contribution in [-0.2, 0) is 4.74 Å². The van der Waals surface area contributed by atoms with E-state index in [9.17, 15) is 9.59 Å². The summed E-state index contributed by atoms with van der Waals surface area (Å²) < 4.78 is 15.3. The maximum Gasteiger partial charge on any atom is 0.412 e. The minimum absolute atomic E-state index is 0.349. The van der Waals surface area contributed by atoms with Crippen molar-refractivity contribution >= 4 is 40.1 Å². The van der Waals surface area contributed by atoms with Gasteiger partial charge < -0.3 is 14.3 Å². The number of carbonyl (C=O) groups is 2. The first-order valence-corrected chi connectivity index (χ1v) is 11.9. The third kappa shape index (κ3) is 4.69. The first kappa shape index (κ1) is 23.3. The highest BCUT2D eigenvalue weighted by Gasteiger charge is 2.19. The Morgan fingerprint density at radius 1 is 1.03 bits per heavy atom. The Morgan fingerprint density at radius 2 is 1.72 bits per heavy atom. The standard InChI is InChI=1S/C27H21N3O5S/c1-15-23(29-27(33)34-16(2)17-6-4-3-5-7-17)24(36-30-15)21-11-9-18-12-20(10-8-19(18)13-21)22-14-28-25(35-22)26(31)32/h3-14,16H,1-2H3,(H,29,33)(H,31,32). The Bertz CT molecular complexity index is 1580. The Balaban J connectivity index is 1.38. The van der Waals surface area contributed by atoms with Gasteiger partial charge in [0.2, 0.25) is 0 Å². The number of carbonyl (C=O) groups excluding carboxylic acids is 1. The van der Waals surface area contributed by atoms with Crippen LogP contribution in [0.25, 0.3) is 32.5 Å². The predicted octanol–water partition coefficient (Wildman–Crippen LogP) is 6.93. The van der Waals surface area contributed by atoms with Crippen LogP contribution in [0.1, 0.15) is 35.0 Å². The lowest BCUT2D eigenvalue weighted by Crippen LogP contribution is -2.16. The summed E-state index contributed by atoms with van der Waals surface area (Å²) in [6.45, 7) is 3.67. The van der Waals surface area contributed by atoms with Gasteiger partial charge in [-0.15, -0.1) is 0 Å². The van der Waals surface area contributed by atoms with Crippen LogP contribution < -0.4 is 5.32 Å². The van der Waals surface area contributed by atoms with Crippen LogP contribution in [0.15, 0.2) is 77.3 Å². The van der Waals surface area contributed by atoms with E-state index in [1.807, 2.05) is 80.6 Å². The number of aromatic nitrogens is 2. The number of aromatic carboxylic acids is 1. The van der Waals surface area contributed by atoms with E-state index < -0.39 is 18.2 Å². The molecule has 1 atom stereocenters. The molecule has 5 rings (SSSR count). The summed E-state index contributed by atoms with van der Waals surface area (Å²) in [4.78, 5) is 28.3. The molecule has 0 saturated carbocycles. The van der Waals surface area contributed by atoms with Crippen LogP contribution in [-0.4, -0.2) is 26.5 Å². The molecule has 0 aliphatic heterocycles. The van der Waals surface area contributed by atoms with Gasteiger partial charge in [0.25, 0.3) is 0 Å². The van der Waals surface area contributed by atoms with Gasteiger partial charge in [-0.25, -0.2) is 14.6 Å². The van der Waals surface area contributed by atoms with Crippen LogP contribution in [0.4, 0.5) is 10.5 Å². The second-order valence-electron chi connectivity index (χ2n) is 8.17. The molecule has 5 aromatic rings. The van der Waals surface area contributed by atoms with Gasteiger partial charge >= 0.3 is 18.0 Å². The van der Waals surface area contributed by atoms with Crippen molar-refractivity contribution in [3.63, 3.8) is 0 Å². The topological polar surface area (TPSA) is 115 Å². The lowest BCUT2D eigenvalue weighted by Gasteiger charge is -2.15. The third-order valence-corrected chi connectivity index (χ3v) is 6.71. The highest BCUT2D eigenvalue weighted by atomic mass is 32.1. The highest BCUT2D eigenvalue weighted by Crippen LogP contribution is 2.37. The predicted molar refractivity (Wildman–Crippen MR) is 137 cm³/mol. The van der Waals surface area contributed by atoms with E-state index in [2.05, 4.69) is 14.7 Å². The smallest absolute Gasteiger partial charge is 0.412 e. The van der Waals surface area contributed by atoms with Crippen LogP contribution in [0, 0.1) is 6.92 Å². The van der Waals surface area contributed by atoms with Crippen molar-refractivity contribution in [2.24, 2.45) is 0 Å². The van der Waals surface area contributed by atoms with Crippen LogP contribution in [0.3, 0.4) is 0 Å². The number of hydrogen-bond donors (Lipinski definition) is 2. The van der Waals surface area contributed by atoms with E-state index in [0.717, 1.165) is 32.3 Å². The van der Waals surface area contributed by atoms with Gasteiger partial charge in [-0.1, -0.05) is 54.6 Å². The molecule has 180 valence electrons. The van der Waals surface area contributed by atoms with Gasteiger partial charge in [-0.05, 0) is 59.4 Å². The number of anilines is 1. The molecule has 1 unspecified atom stereocenters. The SMILES string of the molecule is Cc1nsc(-c2ccc3cc(-c4cnc(C(=O)O)o4)ccc3c2)c1NC(=O)OC(C)c1ccccc1. The summed E-state index contributed by atoms with van der Waals surface area (Å²) in [5, 5.41) is 13.8. The average Bonchev–Trinajstić information content (AvgIpc) is 3.52. The largest absolute Gasteiger partial charge is 0.474 e. The van der Waals surface area contributed by atoms with Crippen molar-refractivity contribution in [1.29, 1.82) is 0 Å². The molecule has 8 nitrogen and oxygen atoms in total. The fourth-order valence-corrected chi connectivity index (χ4v) is 4.69. The van der Waals surface area contributed by atoms with Crippen molar-refractivity contribution in [2.75, 3.05) is 5.32 Å². The van der Waals surface area contributed by atoms with Gasteiger partial charge in [0.1, 0.15) is 6.10 Å². The Labute approximate surface area is 210 Å². The van der Waals surface area contributed by atoms with Crippen molar-refractivity contribution in [3.05, 3.63) is 90.1 Å². The van der Waals surface area contributed by atoms with Crippen molar-refractivity contribution in [1.82, 2.24) is 9.36 Å². The minimum atomic E-state index is -1.21. The summed E-state index contributed by atoms with van der Waals surface area (Å²) in [5.41, 5.74) is 3.85. The number of nitrogens with one attached hydrogen (secondary N) is 1. The molecular formula is C27H21N3O5S. The average molecular weight is 500 g/mol. The maximum atomic E-state index is 12.7. The Morgan fingerprint density at radius 3 is 2.42 bits per heavy atom. The lowest BCUT2D eigenvalue weighted by atomic mass is 10.0. The molecule has 2 N–H and O–H groups in total. The van der Waals surface area contributed by atoms with Gasteiger partial charge in [0.15, 0.2) is 5.76 Å². The zero-order valence-corrected chi connectivity index (χ0v) is 20.2. The highest BCUT2D eigenvalue weighted by molar-refractivity contribution is 7.10. The zero-order valence-electron chi connectivity index (χ0n) is 19.4. The Hall–Kier alpha value is -4.50. The van der Waals surface area contributed by atoms with E-state index in [4.69, 9.17) is 14.3 Å². The number of oxazole rings is 1. The number of hydrogen-bond acceptors (Lipinski definition) is 7. The number of benzene rings is 3. The molecule has 36 heavy (non-hydrogen) atoms. The van der Waals surface area contributed by atoms with Crippen LogP contribution in [0.5, 0.6) is 0 Å². The number of amides is 1. The Kier molecular flexibility index (Phi) is 6.22.